The van der Waals surface area contributed by atoms with E-state index < -0.39 is 0 Å². The first-order valence-corrected chi connectivity index (χ1v) is 6.99. The van der Waals surface area contributed by atoms with Gasteiger partial charge in [0.15, 0.2) is 5.78 Å². The molecule has 0 bridgehead atoms. The fourth-order valence-electron chi connectivity index (χ4n) is 1.69. The standard InChI is InChI=1S/C16H16O2S/c1-3-16(17)12-4-8-14(9-5-12)19-15-10-6-13(18-2)7-11-15/h4-11H,3H2,1-2H3. The number of rotatable bonds is 5. The van der Waals surface area contributed by atoms with Gasteiger partial charge in [-0.25, -0.2) is 0 Å². The summed E-state index contributed by atoms with van der Waals surface area (Å²) in [5.74, 6) is 1.04. The lowest BCUT2D eigenvalue weighted by molar-refractivity contribution is 0.0988. The van der Waals surface area contributed by atoms with Crippen LogP contribution in [0.25, 0.3) is 0 Å². The van der Waals surface area contributed by atoms with Gasteiger partial charge in [-0.1, -0.05) is 30.8 Å². The van der Waals surface area contributed by atoms with Gasteiger partial charge < -0.3 is 4.74 Å². The Morgan fingerprint density at radius 1 is 1.00 bits per heavy atom. The first-order chi connectivity index (χ1) is 9.22. The molecule has 0 radical (unpaired) electrons. The highest BCUT2D eigenvalue weighted by Gasteiger charge is 2.03. The Kier molecular flexibility index (Phi) is 4.63. The van der Waals surface area contributed by atoms with Crippen LogP contribution in [-0.2, 0) is 0 Å². The lowest BCUT2D eigenvalue weighted by Crippen LogP contribution is -1.95. The number of methoxy groups -OCH3 is 1. The normalized spacial score (nSPS) is 10.2. The zero-order chi connectivity index (χ0) is 13.7. The Bertz CT molecular complexity index is 544. The summed E-state index contributed by atoms with van der Waals surface area (Å²) in [6.45, 7) is 1.88. The Labute approximate surface area is 117 Å². The Morgan fingerprint density at radius 2 is 1.53 bits per heavy atom. The van der Waals surface area contributed by atoms with E-state index in [1.54, 1.807) is 18.9 Å². The average Bonchev–Trinajstić information content (AvgIpc) is 2.48. The van der Waals surface area contributed by atoms with Gasteiger partial charge in [0.1, 0.15) is 5.75 Å². The third kappa shape index (κ3) is 3.61. The van der Waals surface area contributed by atoms with E-state index in [9.17, 15) is 4.79 Å². The second-order valence-corrected chi connectivity index (χ2v) is 5.23. The first kappa shape index (κ1) is 13.7. The topological polar surface area (TPSA) is 26.3 Å². The van der Waals surface area contributed by atoms with Crippen LogP contribution < -0.4 is 4.74 Å². The van der Waals surface area contributed by atoms with Gasteiger partial charge in [-0.15, -0.1) is 0 Å². The highest BCUT2D eigenvalue weighted by atomic mass is 32.2. The van der Waals surface area contributed by atoms with Gasteiger partial charge in [-0.3, -0.25) is 4.79 Å². The molecule has 19 heavy (non-hydrogen) atoms. The molecular formula is C16H16O2S. The van der Waals surface area contributed by atoms with Crippen molar-refractivity contribution in [3.63, 3.8) is 0 Å². The quantitative estimate of drug-likeness (QED) is 0.753. The second kappa shape index (κ2) is 6.43. The molecule has 3 heteroatoms. The van der Waals surface area contributed by atoms with Crippen molar-refractivity contribution in [3.8, 4) is 5.75 Å². The van der Waals surface area contributed by atoms with Crippen molar-refractivity contribution < 1.29 is 9.53 Å². The van der Waals surface area contributed by atoms with Crippen LogP contribution in [0.4, 0.5) is 0 Å². The summed E-state index contributed by atoms with van der Waals surface area (Å²) in [6.07, 6.45) is 0.547. The van der Waals surface area contributed by atoms with Crippen LogP contribution in [-0.4, -0.2) is 12.9 Å². The third-order valence-corrected chi connectivity index (χ3v) is 3.81. The predicted molar refractivity (Wildman–Crippen MR) is 78.2 cm³/mol. The number of carbonyl (C=O) groups excluding carboxylic acids is 1. The molecule has 0 spiro atoms. The number of ketones is 1. The molecule has 2 nitrogen and oxygen atoms in total. The van der Waals surface area contributed by atoms with Crippen molar-refractivity contribution in [2.24, 2.45) is 0 Å². The van der Waals surface area contributed by atoms with Crippen LogP contribution in [0.1, 0.15) is 23.7 Å². The van der Waals surface area contributed by atoms with Gasteiger partial charge in [0.05, 0.1) is 7.11 Å². The summed E-state index contributed by atoms with van der Waals surface area (Å²) >= 11 is 1.67. The predicted octanol–water partition coefficient (Wildman–Crippen LogP) is 4.44. The maximum absolute atomic E-state index is 11.5. The van der Waals surface area contributed by atoms with Crippen molar-refractivity contribution in [3.05, 3.63) is 54.1 Å². The fraction of sp³-hybridized carbons (Fsp3) is 0.188. The van der Waals surface area contributed by atoms with Crippen molar-refractivity contribution in [1.82, 2.24) is 0 Å². The lowest BCUT2D eigenvalue weighted by atomic mass is 10.1. The molecule has 2 aromatic rings. The van der Waals surface area contributed by atoms with E-state index in [1.807, 2.05) is 55.5 Å². The Morgan fingerprint density at radius 3 is 2.00 bits per heavy atom. The number of benzene rings is 2. The molecule has 0 unspecified atom stereocenters. The zero-order valence-corrected chi connectivity index (χ0v) is 11.9. The molecule has 0 aliphatic rings. The van der Waals surface area contributed by atoms with Gasteiger partial charge in [0.25, 0.3) is 0 Å². The average molecular weight is 272 g/mol. The molecule has 0 saturated heterocycles. The molecule has 98 valence electrons. The molecule has 0 heterocycles. The van der Waals surface area contributed by atoms with Gasteiger partial charge in [0, 0.05) is 21.8 Å². The van der Waals surface area contributed by atoms with E-state index in [0.717, 1.165) is 21.1 Å². The fourth-order valence-corrected chi connectivity index (χ4v) is 2.51. The number of carbonyl (C=O) groups is 1. The molecule has 2 aromatic carbocycles. The molecule has 0 saturated carbocycles. The van der Waals surface area contributed by atoms with Crippen LogP contribution in [0.2, 0.25) is 0 Å². The molecule has 0 aliphatic heterocycles. The van der Waals surface area contributed by atoms with E-state index in [2.05, 4.69) is 0 Å². The highest BCUT2D eigenvalue weighted by Crippen LogP contribution is 2.29. The molecular weight excluding hydrogens is 256 g/mol. The van der Waals surface area contributed by atoms with Crippen LogP contribution in [0.5, 0.6) is 5.75 Å². The summed E-state index contributed by atoms with van der Waals surface area (Å²) < 4.78 is 5.13. The molecule has 0 aromatic heterocycles. The van der Waals surface area contributed by atoms with E-state index >= 15 is 0 Å². The van der Waals surface area contributed by atoms with E-state index in [4.69, 9.17) is 4.74 Å². The maximum atomic E-state index is 11.5. The molecule has 0 amide bonds. The Balaban J connectivity index is 2.08. The van der Waals surface area contributed by atoms with E-state index in [0.29, 0.717) is 6.42 Å². The minimum atomic E-state index is 0.181. The number of ether oxygens (including phenoxy) is 1. The van der Waals surface area contributed by atoms with Gasteiger partial charge in [-0.2, -0.15) is 0 Å². The van der Waals surface area contributed by atoms with Gasteiger partial charge in [0.2, 0.25) is 0 Å². The summed E-state index contributed by atoms with van der Waals surface area (Å²) in [7, 11) is 1.66. The highest BCUT2D eigenvalue weighted by molar-refractivity contribution is 7.99. The molecule has 0 N–H and O–H groups in total. The number of hydrogen-bond donors (Lipinski definition) is 0. The third-order valence-electron chi connectivity index (χ3n) is 2.79. The van der Waals surface area contributed by atoms with Crippen molar-refractivity contribution in [1.29, 1.82) is 0 Å². The summed E-state index contributed by atoms with van der Waals surface area (Å²) in [4.78, 5) is 13.8. The maximum Gasteiger partial charge on any atom is 0.162 e. The number of hydrogen-bond acceptors (Lipinski definition) is 3. The minimum Gasteiger partial charge on any atom is -0.497 e. The van der Waals surface area contributed by atoms with Gasteiger partial charge in [-0.05, 0) is 36.4 Å². The monoisotopic (exact) mass is 272 g/mol. The lowest BCUT2D eigenvalue weighted by Gasteiger charge is -2.04. The zero-order valence-electron chi connectivity index (χ0n) is 11.1. The SMILES string of the molecule is CCC(=O)c1ccc(Sc2ccc(OC)cc2)cc1. The van der Waals surface area contributed by atoms with Crippen molar-refractivity contribution >= 4 is 17.5 Å². The summed E-state index contributed by atoms with van der Waals surface area (Å²) in [5, 5.41) is 0. The van der Waals surface area contributed by atoms with Crippen LogP contribution >= 0.6 is 11.8 Å². The Hall–Kier alpha value is -1.74. The smallest absolute Gasteiger partial charge is 0.162 e. The van der Waals surface area contributed by atoms with Crippen LogP contribution in [0.3, 0.4) is 0 Å². The molecule has 0 aliphatic carbocycles. The summed E-state index contributed by atoms with van der Waals surface area (Å²) in [6, 6.07) is 15.7. The molecule has 0 fully saturated rings. The number of Topliss-reactive ketones (excluding diaryl/α,β-unsaturated/α-hetero) is 1. The largest absolute Gasteiger partial charge is 0.497 e. The van der Waals surface area contributed by atoms with E-state index in [-0.39, 0.29) is 5.78 Å². The van der Waals surface area contributed by atoms with Crippen LogP contribution in [0.15, 0.2) is 58.3 Å². The van der Waals surface area contributed by atoms with Crippen molar-refractivity contribution in [2.75, 3.05) is 7.11 Å². The molecule has 0 atom stereocenters. The summed E-state index contributed by atoms with van der Waals surface area (Å²) in [5.41, 5.74) is 0.779. The van der Waals surface area contributed by atoms with Crippen molar-refractivity contribution in [2.45, 2.75) is 23.1 Å². The second-order valence-electron chi connectivity index (χ2n) is 4.08. The van der Waals surface area contributed by atoms with E-state index in [1.165, 1.54) is 0 Å². The first-order valence-electron chi connectivity index (χ1n) is 6.18. The van der Waals surface area contributed by atoms with Crippen LogP contribution in [0, 0.1) is 0 Å². The minimum absolute atomic E-state index is 0.181. The molecule has 2 rings (SSSR count). The van der Waals surface area contributed by atoms with Gasteiger partial charge >= 0.3 is 0 Å².